The van der Waals surface area contributed by atoms with Crippen molar-refractivity contribution in [1.82, 2.24) is 5.32 Å². The highest BCUT2D eigenvalue weighted by atomic mass is 32.2. The van der Waals surface area contributed by atoms with Crippen LogP contribution in [0.5, 0.6) is 0 Å². The van der Waals surface area contributed by atoms with Crippen LogP contribution in [0.3, 0.4) is 0 Å². The maximum Gasteiger partial charge on any atom is 0.319 e. The smallest absolute Gasteiger partial charge is 0.319 e. The topological polar surface area (TPSA) is 87.3 Å². The molecule has 7 heteroatoms. The number of amides is 2. The number of anilines is 2. The van der Waals surface area contributed by atoms with E-state index >= 15 is 0 Å². The van der Waals surface area contributed by atoms with Gasteiger partial charge in [-0.2, -0.15) is 0 Å². The molecule has 0 fully saturated rings. The molecular formula is C18H23N3O3S. The van der Waals surface area contributed by atoms with Crippen molar-refractivity contribution in [2.75, 3.05) is 22.8 Å². The molecule has 2 aromatic carbocycles. The summed E-state index contributed by atoms with van der Waals surface area (Å²) in [6.07, 6.45) is 4.00. The van der Waals surface area contributed by atoms with Crippen LogP contribution in [0.2, 0.25) is 0 Å². The summed E-state index contributed by atoms with van der Waals surface area (Å²) < 4.78 is 24.6. The summed E-state index contributed by atoms with van der Waals surface area (Å²) in [4.78, 5) is 11.8. The molecule has 3 N–H and O–H groups in total. The Morgan fingerprint density at radius 3 is 2.20 bits per heavy atom. The predicted molar refractivity (Wildman–Crippen MR) is 101 cm³/mol. The second-order valence-electron chi connectivity index (χ2n) is 5.78. The number of hydrogen-bond donors (Lipinski definition) is 3. The first-order valence-electron chi connectivity index (χ1n) is 8.09. The van der Waals surface area contributed by atoms with Gasteiger partial charge in [0.2, 0.25) is 10.0 Å². The molecule has 0 saturated heterocycles. The zero-order chi connectivity index (χ0) is 18.1. The second kappa shape index (κ2) is 9.08. The number of hydrogen-bond acceptors (Lipinski definition) is 3. The highest BCUT2D eigenvalue weighted by Gasteiger charge is 2.04. The van der Waals surface area contributed by atoms with Crippen molar-refractivity contribution in [3.63, 3.8) is 0 Å². The SMILES string of the molecule is CS(=O)(=O)Nc1ccc(NC(=O)NCCCCc2ccccc2)cc1. The molecule has 2 amide bonds. The highest BCUT2D eigenvalue weighted by molar-refractivity contribution is 7.92. The van der Waals surface area contributed by atoms with E-state index in [9.17, 15) is 13.2 Å². The number of nitrogens with one attached hydrogen (secondary N) is 3. The fraction of sp³-hybridized carbons (Fsp3) is 0.278. The molecule has 0 saturated carbocycles. The fourth-order valence-electron chi connectivity index (χ4n) is 2.31. The number of benzene rings is 2. The maximum atomic E-state index is 11.8. The lowest BCUT2D eigenvalue weighted by molar-refractivity contribution is 0.252. The van der Waals surface area contributed by atoms with E-state index < -0.39 is 10.0 Å². The summed E-state index contributed by atoms with van der Waals surface area (Å²) in [5.41, 5.74) is 2.35. The Hall–Kier alpha value is -2.54. The molecule has 134 valence electrons. The standard InChI is InChI=1S/C18H23N3O3S/c1-25(23,24)21-17-12-10-16(11-13-17)20-18(22)19-14-6-5-9-15-7-3-2-4-8-15/h2-4,7-8,10-13,21H,5-6,9,14H2,1H3,(H2,19,20,22). The van der Waals surface area contributed by atoms with Crippen molar-refractivity contribution in [2.45, 2.75) is 19.3 Å². The molecule has 0 aromatic heterocycles. The molecule has 0 heterocycles. The van der Waals surface area contributed by atoms with Crippen LogP contribution in [0.1, 0.15) is 18.4 Å². The van der Waals surface area contributed by atoms with Crippen molar-refractivity contribution in [2.24, 2.45) is 0 Å². The average Bonchev–Trinajstić information content (AvgIpc) is 2.56. The number of unbranched alkanes of at least 4 members (excludes halogenated alkanes) is 1. The molecule has 0 aliphatic heterocycles. The number of rotatable bonds is 8. The van der Waals surface area contributed by atoms with Gasteiger partial charge < -0.3 is 10.6 Å². The van der Waals surface area contributed by atoms with Gasteiger partial charge in [-0.15, -0.1) is 0 Å². The molecule has 0 aliphatic carbocycles. The lowest BCUT2D eigenvalue weighted by Gasteiger charge is -2.09. The van der Waals surface area contributed by atoms with Crippen molar-refractivity contribution >= 4 is 27.4 Å². The van der Waals surface area contributed by atoms with E-state index in [1.807, 2.05) is 18.2 Å². The molecular weight excluding hydrogens is 338 g/mol. The van der Waals surface area contributed by atoms with Crippen LogP contribution in [0.25, 0.3) is 0 Å². The minimum absolute atomic E-state index is 0.275. The fourth-order valence-corrected chi connectivity index (χ4v) is 2.88. The number of carbonyl (C=O) groups is 1. The van der Waals surface area contributed by atoms with Crippen LogP contribution in [0, 0.1) is 0 Å². The Labute approximate surface area is 148 Å². The second-order valence-corrected chi connectivity index (χ2v) is 7.52. The molecule has 0 spiro atoms. The van der Waals surface area contributed by atoms with Gasteiger partial charge >= 0.3 is 6.03 Å². The van der Waals surface area contributed by atoms with Crippen molar-refractivity contribution < 1.29 is 13.2 Å². The van der Waals surface area contributed by atoms with Crippen LogP contribution < -0.4 is 15.4 Å². The quantitative estimate of drug-likeness (QED) is 0.631. The lowest BCUT2D eigenvalue weighted by Crippen LogP contribution is -2.29. The van der Waals surface area contributed by atoms with E-state index in [1.54, 1.807) is 24.3 Å². The third-order valence-corrected chi connectivity index (χ3v) is 4.07. The molecule has 0 unspecified atom stereocenters. The summed E-state index contributed by atoms with van der Waals surface area (Å²) in [6.45, 7) is 0.604. The van der Waals surface area contributed by atoms with E-state index in [4.69, 9.17) is 0 Å². The minimum atomic E-state index is -3.30. The number of sulfonamides is 1. The first-order valence-corrected chi connectivity index (χ1v) is 9.98. The molecule has 6 nitrogen and oxygen atoms in total. The van der Waals surface area contributed by atoms with Gasteiger partial charge in [0.1, 0.15) is 0 Å². The van der Waals surface area contributed by atoms with Gasteiger partial charge in [0.05, 0.1) is 6.26 Å². The predicted octanol–water partition coefficient (Wildman–Crippen LogP) is 3.20. The van der Waals surface area contributed by atoms with Crippen LogP contribution in [0.4, 0.5) is 16.2 Å². The number of urea groups is 1. The largest absolute Gasteiger partial charge is 0.338 e. The van der Waals surface area contributed by atoms with E-state index in [0.29, 0.717) is 17.9 Å². The van der Waals surface area contributed by atoms with Gasteiger partial charge in [-0.1, -0.05) is 30.3 Å². The molecule has 2 aromatic rings. The monoisotopic (exact) mass is 361 g/mol. The number of aryl methyl sites for hydroxylation is 1. The molecule has 0 atom stereocenters. The van der Waals surface area contributed by atoms with Gasteiger partial charge in [0, 0.05) is 17.9 Å². The maximum absolute atomic E-state index is 11.8. The van der Waals surface area contributed by atoms with Crippen molar-refractivity contribution in [3.8, 4) is 0 Å². The van der Waals surface area contributed by atoms with Gasteiger partial charge in [-0.25, -0.2) is 13.2 Å². The first-order chi connectivity index (χ1) is 11.9. The molecule has 0 radical (unpaired) electrons. The highest BCUT2D eigenvalue weighted by Crippen LogP contribution is 2.14. The summed E-state index contributed by atoms with van der Waals surface area (Å²) in [5.74, 6) is 0. The van der Waals surface area contributed by atoms with Gasteiger partial charge in [-0.05, 0) is 49.1 Å². The van der Waals surface area contributed by atoms with Gasteiger partial charge in [0.15, 0.2) is 0 Å². The molecule has 0 bridgehead atoms. The Bertz CT molecular complexity index is 775. The average molecular weight is 361 g/mol. The van der Waals surface area contributed by atoms with Crippen LogP contribution in [0.15, 0.2) is 54.6 Å². The zero-order valence-corrected chi connectivity index (χ0v) is 15.0. The Kier molecular flexibility index (Phi) is 6.82. The van der Waals surface area contributed by atoms with Gasteiger partial charge in [0.25, 0.3) is 0 Å². The van der Waals surface area contributed by atoms with E-state index in [1.165, 1.54) is 5.56 Å². The third-order valence-electron chi connectivity index (χ3n) is 3.47. The number of carbonyl (C=O) groups excluding carboxylic acids is 1. The Balaban J connectivity index is 1.66. The normalized spacial score (nSPS) is 10.9. The molecule has 0 aliphatic rings. The summed E-state index contributed by atoms with van der Waals surface area (Å²) in [5, 5.41) is 5.52. The Morgan fingerprint density at radius 1 is 0.920 bits per heavy atom. The molecule has 25 heavy (non-hydrogen) atoms. The van der Waals surface area contributed by atoms with E-state index in [-0.39, 0.29) is 6.03 Å². The van der Waals surface area contributed by atoms with Crippen LogP contribution in [-0.4, -0.2) is 27.2 Å². The van der Waals surface area contributed by atoms with E-state index in [2.05, 4.69) is 27.5 Å². The summed E-state index contributed by atoms with van der Waals surface area (Å²) in [6, 6.07) is 16.4. The lowest BCUT2D eigenvalue weighted by atomic mass is 10.1. The first kappa shape index (κ1) is 18.8. The summed E-state index contributed by atoms with van der Waals surface area (Å²) >= 11 is 0. The zero-order valence-electron chi connectivity index (χ0n) is 14.2. The third kappa shape index (κ3) is 7.71. The summed E-state index contributed by atoms with van der Waals surface area (Å²) in [7, 11) is -3.30. The van der Waals surface area contributed by atoms with Crippen molar-refractivity contribution in [1.29, 1.82) is 0 Å². The van der Waals surface area contributed by atoms with Crippen LogP contribution >= 0.6 is 0 Å². The minimum Gasteiger partial charge on any atom is -0.338 e. The van der Waals surface area contributed by atoms with Gasteiger partial charge in [-0.3, -0.25) is 4.72 Å². The van der Waals surface area contributed by atoms with Crippen molar-refractivity contribution in [3.05, 3.63) is 60.2 Å². The van der Waals surface area contributed by atoms with E-state index in [0.717, 1.165) is 25.5 Å². The Morgan fingerprint density at radius 2 is 1.56 bits per heavy atom. The van der Waals surface area contributed by atoms with Crippen LogP contribution in [-0.2, 0) is 16.4 Å². The molecule has 2 rings (SSSR count).